The summed E-state index contributed by atoms with van der Waals surface area (Å²) in [7, 11) is 1.47. The zero-order valence-electron chi connectivity index (χ0n) is 23.5. The minimum absolute atomic E-state index is 0.000812. The Morgan fingerprint density at radius 3 is 2.49 bits per heavy atom. The molecule has 2 aliphatic carbocycles. The van der Waals surface area contributed by atoms with Gasteiger partial charge in [0.1, 0.15) is 0 Å². The van der Waals surface area contributed by atoms with Crippen LogP contribution in [0.1, 0.15) is 36.1 Å². The van der Waals surface area contributed by atoms with Crippen molar-refractivity contribution in [2.75, 3.05) is 12.0 Å². The fourth-order valence-electron chi connectivity index (χ4n) is 7.91. The molecule has 0 radical (unpaired) electrons. The van der Waals surface area contributed by atoms with Crippen molar-refractivity contribution in [2.45, 2.75) is 32.2 Å². The van der Waals surface area contributed by atoms with Crippen molar-refractivity contribution in [3.8, 4) is 11.5 Å². The highest BCUT2D eigenvalue weighted by Crippen LogP contribution is 2.64. The van der Waals surface area contributed by atoms with E-state index in [4.69, 9.17) is 4.74 Å². The fourth-order valence-corrected chi connectivity index (χ4v) is 9.23. The van der Waals surface area contributed by atoms with Crippen molar-refractivity contribution >= 4 is 63.2 Å². The molecule has 7 rings (SSSR count). The first-order valence-electron chi connectivity index (χ1n) is 14.2. The summed E-state index contributed by atoms with van der Waals surface area (Å²) in [4.78, 5) is 60.0. The van der Waals surface area contributed by atoms with E-state index in [0.717, 1.165) is 16.0 Å². The number of carbonyl (C=O) groups excluding carboxylic acids is 4. The van der Waals surface area contributed by atoms with Crippen LogP contribution in [-0.4, -0.2) is 40.7 Å². The lowest BCUT2D eigenvalue weighted by Crippen LogP contribution is -2.48. The maximum Gasteiger partial charge on any atom is 0.241 e. The van der Waals surface area contributed by atoms with Crippen molar-refractivity contribution in [3.05, 3.63) is 85.6 Å². The normalized spacial score (nSPS) is 29.8. The fraction of sp³-hybridized carbons (Fsp3) is 0.333. The molecule has 8 nitrogen and oxygen atoms in total. The molecule has 43 heavy (non-hydrogen) atoms. The molecule has 1 N–H and O–H groups in total. The number of para-hydroxylation sites is 1. The van der Waals surface area contributed by atoms with Crippen LogP contribution < -0.4 is 9.64 Å². The second-order valence-electron chi connectivity index (χ2n) is 11.9. The molecule has 3 heterocycles. The number of fused-ring (bicyclic) bond motifs is 4. The zero-order valence-corrected chi connectivity index (χ0v) is 26.5. The number of thiophene rings is 1. The van der Waals surface area contributed by atoms with Crippen LogP contribution in [0.4, 0.5) is 5.69 Å². The number of methoxy groups -OCH3 is 1. The lowest BCUT2D eigenvalue weighted by atomic mass is 9.51. The number of rotatable bonds is 5. The van der Waals surface area contributed by atoms with Crippen LogP contribution >= 0.6 is 33.9 Å². The summed E-state index contributed by atoms with van der Waals surface area (Å²) in [5.74, 6) is -3.49. The van der Waals surface area contributed by atoms with Crippen molar-refractivity contribution in [3.63, 3.8) is 0 Å². The minimum Gasteiger partial charge on any atom is -0.504 e. The molecule has 1 aromatic heterocycles. The van der Waals surface area contributed by atoms with Crippen LogP contribution in [0.15, 0.2) is 71.6 Å². The molecule has 10 heteroatoms. The summed E-state index contributed by atoms with van der Waals surface area (Å²) in [6.45, 7) is 2.09. The summed E-state index contributed by atoms with van der Waals surface area (Å²) < 4.78 is 6.05. The van der Waals surface area contributed by atoms with Gasteiger partial charge < -0.3 is 9.84 Å². The summed E-state index contributed by atoms with van der Waals surface area (Å²) in [6, 6.07) is 16.3. The SMILES string of the molecule is COc1cc(C2C3=CCC4C(=O)N(Cc5cccs5)C(=O)C4C3CC3C(=O)N(c4ccccc4)C(=O)C32C)cc(I)c1O. The molecule has 4 amide bonds. The Balaban J connectivity index is 1.37. The van der Waals surface area contributed by atoms with Gasteiger partial charge in [-0.2, -0.15) is 0 Å². The van der Waals surface area contributed by atoms with Crippen LogP contribution in [0.2, 0.25) is 0 Å². The van der Waals surface area contributed by atoms with Gasteiger partial charge in [0.2, 0.25) is 23.6 Å². The van der Waals surface area contributed by atoms with E-state index in [1.165, 1.54) is 28.2 Å². The number of likely N-dealkylation sites (tertiary alicyclic amines) is 1. The quantitative estimate of drug-likeness (QED) is 0.214. The predicted octanol–water partition coefficient (Wildman–Crippen LogP) is 5.50. The molecule has 2 aliphatic heterocycles. The van der Waals surface area contributed by atoms with E-state index in [1.807, 2.05) is 65.2 Å². The topological polar surface area (TPSA) is 104 Å². The summed E-state index contributed by atoms with van der Waals surface area (Å²) in [5, 5.41) is 12.6. The number of benzene rings is 2. The van der Waals surface area contributed by atoms with Gasteiger partial charge in [0.05, 0.1) is 46.1 Å². The van der Waals surface area contributed by atoms with Gasteiger partial charge in [0.15, 0.2) is 11.5 Å². The molecule has 3 fully saturated rings. The second-order valence-corrected chi connectivity index (χ2v) is 14.1. The van der Waals surface area contributed by atoms with E-state index in [-0.39, 0.29) is 41.7 Å². The largest absolute Gasteiger partial charge is 0.504 e. The number of carbonyl (C=O) groups is 4. The Labute approximate surface area is 266 Å². The number of phenols is 1. The average molecular weight is 709 g/mol. The Hall–Kier alpha value is -3.51. The number of halogens is 1. The molecule has 2 aromatic carbocycles. The van der Waals surface area contributed by atoms with Gasteiger partial charge in [0.25, 0.3) is 0 Å². The van der Waals surface area contributed by atoms with Gasteiger partial charge in [-0.3, -0.25) is 24.1 Å². The van der Waals surface area contributed by atoms with E-state index in [1.54, 1.807) is 30.3 Å². The van der Waals surface area contributed by atoms with Gasteiger partial charge in [-0.15, -0.1) is 11.3 Å². The Bertz CT molecular complexity index is 1710. The number of ether oxygens (including phenoxy) is 1. The van der Waals surface area contributed by atoms with E-state index >= 15 is 0 Å². The van der Waals surface area contributed by atoms with Gasteiger partial charge >= 0.3 is 0 Å². The number of hydrogen-bond acceptors (Lipinski definition) is 7. The lowest BCUT2D eigenvalue weighted by molar-refractivity contribution is -0.141. The smallest absolute Gasteiger partial charge is 0.241 e. The number of hydrogen-bond donors (Lipinski definition) is 1. The van der Waals surface area contributed by atoms with Crippen molar-refractivity contribution in [1.82, 2.24) is 4.90 Å². The molecule has 0 bridgehead atoms. The van der Waals surface area contributed by atoms with E-state index < -0.39 is 35.0 Å². The Morgan fingerprint density at radius 1 is 1.02 bits per heavy atom. The molecule has 4 aliphatic rings. The molecule has 0 spiro atoms. The van der Waals surface area contributed by atoms with Crippen LogP contribution in [0, 0.1) is 32.7 Å². The minimum atomic E-state index is -1.16. The first-order chi connectivity index (χ1) is 20.7. The van der Waals surface area contributed by atoms with Gasteiger partial charge in [-0.05, 0) is 89.5 Å². The monoisotopic (exact) mass is 708 g/mol. The summed E-state index contributed by atoms with van der Waals surface area (Å²) in [6.07, 6.45) is 2.72. The van der Waals surface area contributed by atoms with Crippen molar-refractivity contribution in [2.24, 2.45) is 29.1 Å². The van der Waals surface area contributed by atoms with E-state index in [2.05, 4.69) is 0 Å². The third kappa shape index (κ3) is 4.05. The molecular formula is C33H29IN2O6S. The number of imide groups is 2. The summed E-state index contributed by atoms with van der Waals surface area (Å²) in [5.41, 5.74) is 0.979. The van der Waals surface area contributed by atoms with Crippen LogP contribution in [0.5, 0.6) is 11.5 Å². The maximum atomic E-state index is 14.5. The number of phenolic OH excluding ortho intramolecular Hbond substituents is 1. The number of allylic oxidation sites excluding steroid dienone is 2. The lowest BCUT2D eigenvalue weighted by Gasteiger charge is -2.49. The van der Waals surface area contributed by atoms with E-state index in [0.29, 0.717) is 22.1 Å². The summed E-state index contributed by atoms with van der Waals surface area (Å²) >= 11 is 3.54. The number of nitrogens with zero attached hydrogens (tertiary/aromatic N) is 2. The number of anilines is 1. The van der Waals surface area contributed by atoms with Crippen molar-refractivity contribution < 1.29 is 29.0 Å². The highest BCUT2D eigenvalue weighted by Gasteiger charge is 2.67. The standard InChI is InChI=1S/C33H29IN2O6S/c1-33-23(30(39)36(32(33)41)18-7-4-3-5-8-18)15-22-20(27(33)17-13-24(34)28(37)25(14-17)42-2)10-11-21-26(22)31(40)35(29(21)38)16-19-9-6-12-43-19/h3-10,12-14,21-23,26-27,37H,11,15-16H2,1-2H3. The number of amides is 4. The zero-order chi connectivity index (χ0) is 30.2. The second kappa shape index (κ2) is 10.3. The van der Waals surface area contributed by atoms with E-state index in [9.17, 15) is 24.3 Å². The Kier molecular flexibility index (Phi) is 6.77. The van der Waals surface area contributed by atoms with Crippen LogP contribution in [0.3, 0.4) is 0 Å². The molecule has 3 aromatic rings. The first kappa shape index (κ1) is 28.3. The molecule has 6 atom stereocenters. The van der Waals surface area contributed by atoms with Gasteiger partial charge in [-0.1, -0.05) is 35.9 Å². The highest BCUT2D eigenvalue weighted by atomic mass is 127. The predicted molar refractivity (Wildman–Crippen MR) is 168 cm³/mol. The Morgan fingerprint density at radius 2 is 1.79 bits per heavy atom. The first-order valence-corrected chi connectivity index (χ1v) is 16.2. The molecular weight excluding hydrogens is 679 g/mol. The maximum absolute atomic E-state index is 14.5. The molecule has 1 saturated carbocycles. The van der Waals surface area contributed by atoms with Crippen LogP contribution in [-0.2, 0) is 25.7 Å². The number of aromatic hydroxyl groups is 1. The van der Waals surface area contributed by atoms with Crippen molar-refractivity contribution in [1.29, 1.82) is 0 Å². The molecule has 6 unspecified atom stereocenters. The molecule has 2 saturated heterocycles. The third-order valence-corrected chi connectivity index (χ3v) is 11.6. The molecule has 220 valence electrons. The van der Waals surface area contributed by atoms with Gasteiger partial charge in [-0.25, -0.2) is 4.90 Å². The third-order valence-electron chi connectivity index (χ3n) is 9.88. The highest BCUT2D eigenvalue weighted by molar-refractivity contribution is 14.1. The van der Waals surface area contributed by atoms with Crippen LogP contribution in [0.25, 0.3) is 0 Å². The van der Waals surface area contributed by atoms with Gasteiger partial charge in [0, 0.05) is 10.8 Å². The average Bonchev–Trinajstić information content (AvgIpc) is 3.66.